The zero-order chi connectivity index (χ0) is 13.5. The van der Waals surface area contributed by atoms with Gasteiger partial charge in [-0.05, 0) is 24.6 Å². The predicted molar refractivity (Wildman–Crippen MR) is 67.5 cm³/mol. The molecule has 0 N–H and O–H groups in total. The summed E-state index contributed by atoms with van der Waals surface area (Å²) in [4.78, 5) is 11.5. The summed E-state index contributed by atoms with van der Waals surface area (Å²) in [5.74, 6) is -0.950. The average molecular weight is 272 g/mol. The van der Waals surface area contributed by atoms with Crippen molar-refractivity contribution in [3.05, 3.63) is 41.5 Å². The number of thioether (sulfide) groups is 1. The highest BCUT2D eigenvalue weighted by atomic mass is 32.2. The zero-order valence-corrected chi connectivity index (χ0v) is 11.0. The van der Waals surface area contributed by atoms with Crippen LogP contribution in [0.15, 0.2) is 34.7 Å². The molecule has 2 nitrogen and oxygen atoms in total. The van der Waals surface area contributed by atoms with Crippen molar-refractivity contribution in [1.29, 1.82) is 0 Å². The highest BCUT2D eigenvalue weighted by molar-refractivity contribution is 7.99. The molecule has 0 aliphatic heterocycles. The first kappa shape index (κ1) is 14.7. The number of hydrogen-bond donors (Lipinski definition) is 0. The van der Waals surface area contributed by atoms with Gasteiger partial charge in [-0.15, -0.1) is 11.8 Å². The van der Waals surface area contributed by atoms with Crippen LogP contribution in [0.5, 0.6) is 0 Å². The van der Waals surface area contributed by atoms with Gasteiger partial charge < -0.3 is 4.74 Å². The molecule has 1 aromatic rings. The van der Waals surface area contributed by atoms with E-state index in [0.29, 0.717) is 17.7 Å². The topological polar surface area (TPSA) is 26.3 Å². The predicted octanol–water partition coefficient (Wildman–Crippen LogP) is 3.57. The summed E-state index contributed by atoms with van der Waals surface area (Å²) in [5.41, 5.74) is 0.529. The molecule has 0 fully saturated rings. The second-order valence-corrected chi connectivity index (χ2v) is 4.52. The highest BCUT2D eigenvalue weighted by Gasteiger charge is 2.07. The van der Waals surface area contributed by atoms with E-state index in [1.54, 1.807) is 6.08 Å². The summed E-state index contributed by atoms with van der Waals surface area (Å²) >= 11 is 1.13. The van der Waals surface area contributed by atoms with Crippen molar-refractivity contribution in [2.45, 2.75) is 18.2 Å². The molecular weight excluding hydrogens is 258 g/mol. The molecule has 0 heterocycles. The average Bonchev–Trinajstić information content (AvgIpc) is 2.37. The van der Waals surface area contributed by atoms with E-state index >= 15 is 0 Å². The lowest BCUT2D eigenvalue weighted by Crippen LogP contribution is -2.04. The number of esters is 1. The number of rotatable bonds is 5. The summed E-state index contributed by atoms with van der Waals surface area (Å²) in [6.07, 6.45) is 2.21. The minimum absolute atomic E-state index is 0.228. The summed E-state index contributed by atoms with van der Waals surface area (Å²) in [6, 6.07) is 3.29. The monoisotopic (exact) mass is 272 g/mol. The quantitative estimate of drug-likeness (QED) is 0.465. The van der Waals surface area contributed by atoms with E-state index in [4.69, 9.17) is 0 Å². The molecule has 0 aromatic heterocycles. The Kier molecular flexibility index (Phi) is 5.85. The summed E-state index contributed by atoms with van der Waals surface area (Å²) in [6.45, 7) is 1.83. The Morgan fingerprint density at radius 2 is 2.17 bits per heavy atom. The van der Waals surface area contributed by atoms with Crippen LogP contribution in [0.4, 0.5) is 8.78 Å². The van der Waals surface area contributed by atoms with E-state index in [1.807, 2.05) is 6.92 Å². The van der Waals surface area contributed by atoms with Crippen molar-refractivity contribution in [2.75, 3.05) is 12.9 Å². The first-order valence-electron chi connectivity index (χ1n) is 5.43. The van der Waals surface area contributed by atoms with Crippen LogP contribution in [0.1, 0.15) is 13.3 Å². The summed E-state index contributed by atoms with van der Waals surface area (Å²) < 4.78 is 30.8. The standard InChI is InChI=1S/C13H14F2O2S/c1-3-9(13(16)17-2)6-7-18-12-8-10(14)4-5-11(12)15/h4-6,8H,3,7H2,1-2H3. The van der Waals surface area contributed by atoms with E-state index in [0.717, 1.165) is 30.0 Å². The van der Waals surface area contributed by atoms with Gasteiger partial charge in [-0.1, -0.05) is 13.0 Å². The van der Waals surface area contributed by atoms with Gasteiger partial charge in [-0.2, -0.15) is 0 Å². The Labute approximate surface area is 109 Å². The number of carbonyl (C=O) groups excluding carboxylic acids is 1. The molecule has 1 rings (SSSR count). The lowest BCUT2D eigenvalue weighted by atomic mass is 10.2. The first-order valence-corrected chi connectivity index (χ1v) is 6.42. The molecule has 0 atom stereocenters. The Morgan fingerprint density at radius 1 is 1.44 bits per heavy atom. The zero-order valence-electron chi connectivity index (χ0n) is 10.2. The molecule has 18 heavy (non-hydrogen) atoms. The third kappa shape index (κ3) is 4.14. The number of hydrogen-bond acceptors (Lipinski definition) is 3. The maximum Gasteiger partial charge on any atom is 0.333 e. The first-order chi connectivity index (χ1) is 8.58. The van der Waals surface area contributed by atoms with Gasteiger partial charge in [0.15, 0.2) is 0 Å². The second-order valence-electron chi connectivity index (χ2n) is 3.46. The lowest BCUT2D eigenvalue weighted by Gasteiger charge is -2.03. The van der Waals surface area contributed by atoms with E-state index in [1.165, 1.54) is 7.11 Å². The van der Waals surface area contributed by atoms with Gasteiger partial charge in [0, 0.05) is 16.2 Å². The molecule has 0 aliphatic carbocycles. The van der Waals surface area contributed by atoms with Gasteiger partial charge in [0.05, 0.1) is 7.11 Å². The maximum atomic E-state index is 13.3. The van der Waals surface area contributed by atoms with Gasteiger partial charge >= 0.3 is 5.97 Å². The van der Waals surface area contributed by atoms with Gasteiger partial charge in [-0.25, -0.2) is 13.6 Å². The van der Waals surface area contributed by atoms with Crippen molar-refractivity contribution < 1.29 is 18.3 Å². The molecule has 0 bridgehead atoms. The summed E-state index contributed by atoms with van der Waals surface area (Å²) in [5, 5.41) is 0. The van der Waals surface area contributed by atoms with Crippen LogP contribution in [-0.2, 0) is 9.53 Å². The van der Waals surface area contributed by atoms with E-state index in [9.17, 15) is 13.6 Å². The number of benzene rings is 1. The van der Waals surface area contributed by atoms with Crippen LogP contribution < -0.4 is 0 Å². The van der Waals surface area contributed by atoms with E-state index in [-0.39, 0.29) is 4.90 Å². The number of ether oxygens (including phenoxy) is 1. The van der Waals surface area contributed by atoms with Crippen molar-refractivity contribution in [2.24, 2.45) is 0 Å². The molecule has 0 amide bonds. The maximum absolute atomic E-state index is 13.3. The Morgan fingerprint density at radius 3 is 2.78 bits per heavy atom. The Bertz CT molecular complexity index is 458. The highest BCUT2D eigenvalue weighted by Crippen LogP contribution is 2.23. The molecule has 1 aromatic carbocycles. The fourth-order valence-corrected chi connectivity index (χ4v) is 2.19. The summed E-state index contributed by atoms with van der Waals surface area (Å²) in [7, 11) is 1.31. The molecule has 5 heteroatoms. The van der Waals surface area contributed by atoms with Gasteiger partial charge in [-0.3, -0.25) is 0 Å². The van der Waals surface area contributed by atoms with Crippen LogP contribution in [0.2, 0.25) is 0 Å². The number of methoxy groups -OCH3 is 1. The van der Waals surface area contributed by atoms with Crippen molar-refractivity contribution >= 4 is 17.7 Å². The molecule has 0 unspecified atom stereocenters. The Balaban J connectivity index is 2.67. The van der Waals surface area contributed by atoms with Crippen molar-refractivity contribution in [3.63, 3.8) is 0 Å². The van der Waals surface area contributed by atoms with Gasteiger partial charge in [0.1, 0.15) is 11.6 Å². The SMILES string of the molecule is CCC(=CCSc1cc(F)ccc1F)C(=O)OC. The number of carbonyl (C=O) groups is 1. The molecular formula is C13H14F2O2S. The van der Waals surface area contributed by atoms with Crippen LogP contribution in [0.25, 0.3) is 0 Å². The normalized spacial score (nSPS) is 11.4. The minimum atomic E-state index is -0.480. The van der Waals surface area contributed by atoms with Crippen molar-refractivity contribution in [1.82, 2.24) is 0 Å². The van der Waals surface area contributed by atoms with Crippen LogP contribution >= 0.6 is 11.8 Å². The van der Waals surface area contributed by atoms with Crippen LogP contribution in [0.3, 0.4) is 0 Å². The van der Waals surface area contributed by atoms with E-state index in [2.05, 4.69) is 4.74 Å². The molecule has 0 saturated carbocycles. The number of halogens is 2. The van der Waals surface area contributed by atoms with Crippen LogP contribution in [-0.4, -0.2) is 18.8 Å². The molecule has 0 spiro atoms. The van der Waals surface area contributed by atoms with Gasteiger partial charge in [0.25, 0.3) is 0 Å². The Hall–Kier alpha value is -1.36. The van der Waals surface area contributed by atoms with Crippen molar-refractivity contribution in [3.8, 4) is 0 Å². The minimum Gasteiger partial charge on any atom is -0.466 e. The molecule has 0 aliphatic rings. The molecule has 0 saturated heterocycles. The third-order valence-electron chi connectivity index (χ3n) is 2.29. The molecule has 0 radical (unpaired) electrons. The fourth-order valence-electron chi connectivity index (χ4n) is 1.32. The van der Waals surface area contributed by atoms with Crippen LogP contribution in [0, 0.1) is 11.6 Å². The van der Waals surface area contributed by atoms with E-state index < -0.39 is 17.6 Å². The molecule has 98 valence electrons. The second kappa shape index (κ2) is 7.16. The largest absolute Gasteiger partial charge is 0.466 e. The van der Waals surface area contributed by atoms with Gasteiger partial charge in [0.2, 0.25) is 0 Å². The third-order valence-corrected chi connectivity index (χ3v) is 3.25. The lowest BCUT2D eigenvalue weighted by molar-refractivity contribution is -0.136. The fraction of sp³-hybridized carbons (Fsp3) is 0.308. The smallest absolute Gasteiger partial charge is 0.333 e.